The Hall–Kier alpha value is -0.420. The van der Waals surface area contributed by atoms with Gasteiger partial charge in [-0.25, -0.2) is 4.79 Å². The summed E-state index contributed by atoms with van der Waals surface area (Å²) in [5, 5.41) is 8.51. The van der Waals surface area contributed by atoms with Crippen molar-refractivity contribution in [1.82, 2.24) is 0 Å². The Balaban J connectivity index is 4.27. The van der Waals surface area contributed by atoms with Gasteiger partial charge in [-0.2, -0.15) is 0 Å². The van der Waals surface area contributed by atoms with Crippen LogP contribution in [0.3, 0.4) is 0 Å². The molecule has 3 atom stereocenters. The summed E-state index contributed by atoms with van der Waals surface area (Å²) in [6.45, 7) is 3.12. The second kappa shape index (κ2) is 6.23. The van der Waals surface area contributed by atoms with E-state index in [0.29, 0.717) is 12.8 Å². The van der Waals surface area contributed by atoms with Crippen molar-refractivity contribution in [3.8, 4) is 0 Å². The first-order valence-electron chi connectivity index (χ1n) is 4.80. The molecule has 0 aliphatic carbocycles. The van der Waals surface area contributed by atoms with E-state index in [0.717, 1.165) is 6.42 Å². The molecule has 0 radical (unpaired) electrons. The van der Waals surface area contributed by atoms with Gasteiger partial charge in [-0.05, 0) is 13.3 Å². The number of hydrogen-bond donors (Lipinski definition) is 3. The molecular formula is C8H18NO5P. The van der Waals surface area contributed by atoms with Crippen molar-refractivity contribution in [3.63, 3.8) is 0 Å². The van der Waals surface area contributed by atoms with Crippen LogP contribution < -0.4 is 5.73 Å². The zero-order valence-electron chi connectivity index (χ0n) is 8.92. The normalized spacial score (nSPS) is 19.2. The fraction of sp³-hybridized carbons (Fsp3) is 0.875. The minimum absolute atomic E-state index is 0.344. The van der Waals surface area contributed by atoms with Crippen LogP contribution in [0.25, 0.3) is 0 Å². The summed E-state index contributed by atoms with van der Waals surface area (Å²) in [5.41, 5.74) is 5.45. The predicted octanol–water partition coefficient (Wildman–Crippen LogP) is 1.14. The highest BCUT2D eigenvalue weighted by atomic mass is 31.2. The summed E-state index contributed by atoms with van der Waals surface area (Å²) in [7, 11) is -4.03. The number of carbonyl (C=O) groups is 1. The lowest BCUT2D eigenvalue weighted by Gasteiger charge is -2.20. The summed E-state index contributed by atoms with van der Waals surface area (Å²) in [5.74, 6) is -2.30. The largest absolute Gasteiger partial charge is 0.479 e. The third kappa shape index (κ3) is 5.28. The highest BCUT2D eigenvalue weighted by Gasteiger charge is 2.32. The Labute approximate surface area is 89.0 Å². The average Bonchev–Trinajstić information content (AvgIpc) is 2.13. The SMILES string of the molecule is CCCCC(N)P(=O)(O)O[C@@H](C)C(=O)O. The monoisotopic (exact) mass is 239 g/mol. The first kappa shape index (κ1) is 14.6. The van der Waals surface area contributed by atoms with Gasteiger partial charge in [0.2, 0.25) is 0 Å². The van der Waals surface area contributed by atoms with Crippen LogP contribution >= 0.6 is 7.60 Å². The van der Waals surface area contributed by atoms with Crippen molar-refractivity contribution < 1.29 is 23.9 Å². The maximum atomic E-state index is 11.5. The molecule has 0 rings (SSSR count). The van der Waals surface area contributed by atoms with Crippen molar-refractivity contribution in [3.05, 3.63) is 0 Å². The fourth-order valence-electron chi connectivity index (χ4n) is 0.926. The molecule has 0 saturated heterocycles. The maximum Gasteiger partial charge on any atom is 0.345 e. The molecular weight excluding hydrogens is 221 g/mol. The van der Waals surface area contributed by atoms with Gasteiger partial charge in [0.15, 0.2) is 6.10 Å². The molecule has 0 fully saturated rings. The van der Waals surface area contributed by atoms with Crippen LogP contribution in [0.15, 0.2) is 0 Å². The lowest BCUT2D eigenvalue weighted by molar-refractivity contribution is -0.144. The summed E-state index contributed by atoms with van der Waals surface area (Å²) in [6, 6.07) is 0. The van der Waals surface area contributed by atoms with Gasteiger partial charge in [-0.1, -0.05) is 19.8 Å². The highest BCUT2D eigenvalue weighted by Crippen LogP contribution is 2.48. The van der Waals surface area contributed by atoms with E-state index in [1.807, 2.05) is 6.92 Å². The minimum atomic E-state index is -4.03. The van der Waals surface area contributed by atoms with E-state index < -0.39 is 25.5 Å². The highest BCUT2D eigenvalue weighted by molar-refractivity contribution is 7.53. The van der Waals surface area contributed by atoms with Gasteiger partial charge >= 0.3 is 13.6 Å². The van der Waals surface area contributed by atoms with Crippen LogP contribution in [-0.2, 0) is 13.9 Å². The van der Waals surface area contributed by atoms with Crippen molar-refractivity contribution >= 4 is 13.6 Å². The zero-order chi connectivity index (χ0) is 12.1. The van der Waals surface area contributed by atoms with Gasteiger partial charge in [0, 0.05) is 0 Å². The van der Waals surface area contributed by atoms with Gasteiger partial charge in [0.25, 0.3) is 0 Å². The Bertz CT molecular complexity index is 257. The molecule has 0 spiro atoms. The first-order valence-corrected chi connectivity index (χ1v) is 6.45. The van der Waals surface area contributed by atoms with E-state index in [9.17, 15) is 14.3 Å². The van der Waals surface area contributed by atoms with Gasteiger partial charge in [-0.15, -0.1) is 0 Å². The van der Waals surface area contributed by atoms with Gasteiger partial charge in [0.05, 0.1) is 0 Å². The van der Waals surface area contributed by atoms with Crippen LogP contribution in [0.4, 0.5) is 0 Å². The van der Waals surface area contributed by atoms with Crippen LogP contribution in [0.5, 0.6) is 0 Å². The zero-order valence-corrected chi connectivity index (χ0v) is 9.81. The number of carboxylic acids is 1. The molecule has 0 saturated carbocycles. The molecule has 0 amide bonds. The number of unbranched alkanes of at least 4 members (excludes halogenated alkanes) is 1. The molecule has 0 aromatic rings. The summed E-state index contributed by atoms with van der Waals surface area (Å²) < 4.78 is 16.0. The van der Waals surface area contributed by atoms with Crippen molar-refractivity contribution in [2.24, 2.45) is 5.73 Å². The molecule has 15 heavy (non-hydrogen) atoms. The van der Waals surface area contributed by atoms with Crippen LogP contribution in [0.2, 0.25) is 0 Å². The minimum Gasteiger partial charge on any atom is -0.479 e. The number of rotatable bonds is 7. The van der Waals surface area contributed by atoms with Crippen molar-refractivity contribution in [1.29, 1.82) is 0 Å². The Morgan fingerprint density at radius 2 is 2.13 bits per heavy atom. The third-order valence-corrected chi connectivity index (χ3v) is 3.64. The molecule has 0 heterocycles. The van der Waals surface area contributed by atoms with Gasteiger partial charge < -0.3 is 15.7 Å². The number of hydrogen-bond acceptors (Lipinski definition) is 4. The molecule has 0 aliphatic heterocycles. The Morgan fingerprint density at radius 3 is 2.53 bits per heavy atom. The number of carboxylic acid groups (broad SMARTS) is 1. The average molecular weight is 239 g/mol. The fourth-order valence-corrected chi connectivity index (χ4v) is 2.13. The molecule has 0 aromatic carbocycles. The van der Waals surface area contributed by atoms with Crippen LogP contribution in [0.1, 0.15) is 33.1 Å². The quantitative estimate of drug-likeness (QED) is 0.574. The molecule has 0 aromatic heterocycles. The molecule has 6 nitrogen and oxygen atoms in total. The molecule has 90 valence electrons. The lowest BCUT2D eigenvalue weighted by atomic mass is 10.2. The second-order valence-electron chi connectivity index (χ2n) is 3.36. The predicted molar refractivity (Wildman–Crippen MR) is 55.5 cm³/mol. The number of aliphatic carboxylic acids is 1. The van der Waals surface area contributed by atoms with Gasteiger partial charge in [-0.3, -0.25) is 9.09 Å². The Morgan fingerprint density at radius 1 is 1.60 bits per heavy atom. The molecule has 4 N–H and O–H groups in total. The van der Waals surface area contributed by atoms with E-state index >= 15 is 0 Å². The first-order chi connectivity index (χ1) is 6.81. The van der Waals surface area contributed by atoms with Crippen LogP contribution in [0, 0.1) is 0 Å². The van der Waals surface area contributed by atoms with Crippen molar-refractivity contribution in [2.75, 3.05) is 0 Å². The summed E-state index contributed by atoms with van der Waals surface area (Å²) in [6.07, 6.45) is 0.573. The van der Waals surface area contributed by atoms with E-state index in [1.165, 1.54) is 6.92 Å². The second-order valence-corrected chi connectivity index (χ2v) is 5.36. The summed E-state index contributed by atoms with van der Waals surface area (Å²) >= 11 is 0. The molecule has 2 unspecified atom stereocenters. The van der Waals surface area contributed by atoms with E-state index in [2.05, 4.69) is 4.52 Å². The lowest BCUT2D eigenvalue weighted by Crippen LogP contribution is -2.26. The third-order valence-electron chi connectivity index (χ3n) is 1.93. The Kier molecular flexibility index (Phi) is 6.05. The van der Waals surface area contributed by atoms with E-state index in [1.54, 1.807) is 0 Å². The van der Waals surface area contributed by atoms with Gasteiger partial charge in [0.1, 0.15) is 5.78 Å². The smallest absolute Gasteiger partial charge is 0.345 e. The molecule has 0 aliphatic rings. The van der Waals surface area contributed by atoms with Crippen LogP contribution in [-0.4, -0.2) is 27.9 Å². The molecule has 0 bridgehead atoms. The van der Waals surface area contributed by atoms with E-state index in [-0.39, 0.29) is 0 Å². The standard InChI is InChI=1S/C8H18NO5P/c1-3-4-5-7(9)15(12,13)14-6(2)8(10)11/h6-7H,3-5,9H2,1-2H3,(H,10,11)(H,12,13)/t6-,7?/m0/s1. The van der Waals surface area contributed by atoms with Crippen molar-refractivity contribution in [2.45, 2.75) is 45.0 Å². The number of nitrogens with two attached hydrogens (primary N) is 1. The maximum absolute atomic E-state index is 11.5. The summed E-state index contributed by atoms with van der Waals surface area (Å²) in [4.78, 5) is 19.8. The molecule has 7 heteroatoms. The topological polar surface area (TPSA) is 110 Å². The van der Waals surface area contributed by atoms with E-state index in [4.69, 9.17) is 10.8 Å².